The number of esters is 1. The van der Waals surface area contributed by atoms with Gasteiger partial charge in [0.05, 0.1) is 18.2 Å². The van der Waals surface area contributed by atoms with E-state index in [1.54, 1.807) is 24.4 Å². The molecule has 0 fully saturated rings. The summed E-state index contributed by atoms with van der Waals surface area (Å²) >= 11 is 0. The molecule has 1 aromatic heterocycles. The molecule has 3 aromatic rings. The average Bonchev–Trinajstić information content (AvgIpc) is 2.95. The first-order valence-electron chi connectivity index (χ1n) is 9.36. The zero-order valence-electron chi connectivity index (χ0n) is 16.2. The summed E-state index contributed by atoms with van der Waals surface area (Å²) in [6, 6.07) is 16.6. The van der Waals surface area contributed by atoms with Crippen LogP contribution < -0.4 is 10.6 Å². The molecule has 2 heterocycles. The molecule has 3 N–H and O–H groups in total. The molecule has 1 aliphatic heterocycles. The number of nitrogens with zero attached hydrogens (tertiary/aromatic N) is 2. The summed E-state index contributed by atoms with van der Waals surface area (Å²) in [5.74, 6) is 0.683. The van der Waals surface area contributed by atoms with Gasteiger partial charge in [-0.2, -0.15) is 4.98 Å². The van der Waals surface area contributed by atoms with Gasteiger partial charge in [0.25, 0.3) is 0 Å². The van der Waals surface area contributed by atoms with Gasteiger partial charge in [-0.3, -0.25) is 0 Å². The Morgan fingerprint density at radius 2 is 1.93 bits per heavy atom. The molecule has 0 saturated carbocycles. The Kier molecular flexibility index (Phi) is 4.90. The highest BCUT2D eigenvalue weighted by molar-refractivity contribution is 5.95. The molecule has 29 heavy (non-hydrogen) atoms. The van der Waals surface area contributed by atoms with Crippen molar-refractivity contribution in [3.8, 4) is 0 Å². The summed E-state index contributed by atoms with van der Waals surface area (Å²) in [4.78, 5) is 20.7. The van der Waals surface area contributed by atoms with Crippen LogP contribution in [-0.4, -0.2) is 27.7 Å². The Bertz CT molecular complexity index is 1040. The van der Waals surface area contributed by atoms with E-state index < -0.39 is 5.60 Å². The number of rotatable bonds is 6. The number of anilines is 3. The number of benzene rings is 2. The summed E-state index contributed by atoms with van der Waals surface area (Å²) in [5, 5.41) is 16.1. The normalized spacial score (nSPS) is 15.3. The molecule has 0 bridgehead atoms. The summed E-state index contributed by atoms with van der Waals surface area (Å²) in [6.45, 7) is 3.66. The van der Waals surface area contributed by atoms with E-state index in [1.807, 2.05) is 50.2 Å². The predicted molar refractivity (Wildman–Crippen MR) is 110 cm³/mol. The largest absolute Gasteiger partial charge is 0.451 e. The Morgan fingerprint density at radius 1 is 1.14 bits per heavy atom. The topological polar surface area (TPSA) is 96.4 Å². The fraction of sp³-hybridized carbons (Fsp3) is 0.227. The van der Waals surface area contributed by atoms with Crippen molar-refractivity contribution in [3.63, 3.8) is 0 Å². The van der Waals surface area contributed by atoms with E-state index in [4.69, 9.17) is 4.74 Å². The molecule has 0 amide bonds. The summed E-state index contributed by atoms with van der Waals surface area (Å²) in [7, 11) is 0. The van der Waals surface area contributed by atoms with Gasteiger partial charge in [-0.1, -0.05) is 30.3 Å². The lowest BCUT2D eigenvalue weighted by Gasteiger charge is -2.19. The van der Waals surface area contributed by atoms with Gasteiger partial charge in [0.2, 0.25) is 5.95 Å². The number of ether oxygens (including phenoxy) is 1. The van der Waals surface area contributed by atoms with Crippen molar-refractivity contribution in [2.24, 2.45) is 0 Å². The van der Waals surface area contributed by atoms with Gasteiger partial charge >= 0.3 is 5.97 Å². The van der Waals surface area contributed by atoms with Crippen LogP contribution in [0.1, 0.15) is 41.4 Å². The third-order valence-electron chi connectivity index (χ3n) is 4.85. The maximum absolute atomic E-state index is 11.9. The number of nitrogens with one attached hydrogen (secondary N) is 2. The predicted octanol–water partition coefficient (Wildman–Crippen LogP) is 3.77. The fourth-order valence-corrected chi connectivity index (χ4v) is 3.37. The molecule has 1 aliphatic rings. The van der Waals surface area contributed by atoms with Crippen molar-refractivity contribution in [1.82, 2.24) is 9.97 Å². The van der Waals surface area contributed by atoms with Crippen molar-refractivity contribution >= 4 is 23.4 Å². The van der Waals surface area contributed by atoms with E-state index in [9.17, 15) is 9.90 Å². The Labute approximate surface area is 168 Å². The average molecular weight is 390 g/mol. The third kappa shape index (κ3) is 3.90. The zero-order valence-corrected chi connectivity index (χ0v) is 16.2. The van der Waals surface area contributed by atoms with Gasteiger partial charge in [-0.15, -0.1) is 0 Å². The number of aliphatic hydroxyl groups is 1. The fourth-order valence-electron chi connectivity index (χ4n) is 3.37. The molecule has 0 spiro atoms. The zero-order chi connectivity index (χ0) is 20.4. The highest BCUT2D eigenvalue weighted by Gasteiger charge is 2.37. The minimum Gasteiger partial charge on any atom is -0.451 e. The van der Waals surface area contributed by atoms with Crippen LogP contribution in [0.2, 0.25) is 0 Å². The van der Waals surface area contributed by atoms with Crippen molar-refractivity contribution in [2.75, 3.05) is 17.2 Å². The van der Waals surface area contributed by atoms with E-state index in [1.165, 1.54) is 0 Å². The Hall–Kier alpha value is -3.45. The molecule has 0 saturated heterocycles. The molecule has 148 valence electrons. The Morgan fingerprint density at radius 3 is 2.69 bits per heavy atom. The van der Waals surface area contributed by atoms with Crippen molar-refractivity contribution in [3.05, 3.63) is 77.5 Å². The minimum absolute atomic E-state index is 0.0648. The number of cyclic esters (lactones) is 1. The van der Waals surface area contributed by atoms with Crippen LogP contribution in [0.15, 0.2) is 60.8 Å². The molecule has 0 aliphatic carbocycles. The first-order chi connectivity index (χ1) is 14.0. The second-order valence-electron chi connectivity index (χ2n) is 7.34. The summed E-state index contributed by atoms with van der Waals surface area (Å²) < 4.78 is 5.41. The smallest absolute Gasteiger partial charge is 0.339 e. The molecular weight excluding hydrogens is 368 g/mol. The number of aromatic nitrogens is 2. The van der Waals surface area contributed by atoms with Crippen molar-refractivity contribution in [1.29, 1.82) is 0 Å². The second kappa shape index (κ2) is 7.52. The number of hydrogen-bond acceptors (Lipinski definition) is 7. The van der Waals surface area contributed by atoms with E-state index in [-0.39, 0.29) is 18.6 Å². The molecule has 7 heteroatoms. The van der Waals surface area contributed by atoms with Gasteiger partial charge in [0, 0.05) is 17.4 Å². The standard InChI is InChI=1S/C22H22N4O3/c1-22(2)17-12-15(8-9-16(17)20(28)29-22)24-21-23-11-10-19(26-21)25-18(13-27)14-6-4-3-5-7-14/h3-12,18,27H,13H2,1-2H3,(H2,23,24,25,26)/t18-/m1/s1. The van der Waals surface area contributed by atoms with Crippen LogP contribution in [0.4, 0.5) is 17.5 Å². The summed E-state index contributed by atoms with van der Waals surface area (Å²) in [6.07, 6.45) is 1.64. The van der Waals surface area contributed by atoms with Crippen LogP contribution >= 0.6 is 0 Å². The van der Waals surface area contributed by atoms with Gasteiger partial charge < -0.3 is 20.5 Å². The van der Waals surface area contributed by atoms with E-state index >= 15 is 0 Å². The van der Waals surface area contributed by atoms with E-state index in [0.29, 0.717) is 17.3 Å². The van der Waals surface area contributed by atoms with Crippen LogP contribution in [0.25, 0.3) is 0 Å². The van der Waals surface area contributed by atoms with Gasteiger partial charge in [0.1, 0.15) is 11.4 Å². The highest BCUT2D eigenvalue weighted by Crippen LogP contribution is 2.37. The second-order valence-corrected chi connectivity index (χ2v) is 7.34. The third-order valence-corrected chi connectivity index (χ3v) is 4.85. The van der Waals surface area contributed by atoms with Crippen molar-refractivity contribution in [2.45, 2.75) is 25.5 Å². The van der Waals surface area contributed by atoms with E-state index in [0.717, 1.165) is 16.8 Å². The summed E-state index contributed by atoms with van der Waals surface area (Å²) in [5.41, 5.74) is 2.46. The Balaban J connectivity index is 1.54. The van der Waals surface area contributed by atoms with Crippen LogP contribution in [-0.2, 0) is 10.3 Å². The first-order valence-corrected chi connectivity index (χ1v) is 9.36. The van der Waals surface area contributed by atoms with Crippen LogP contribution in [0.5, 0.6) is 0 Å². The van der Waals surface area contributed by atoms with Crippen LogP contribution in [0.3, 0.4) is 0 Å². The van der Waals surface area contributed by atoms with Crippen LogP contribution in [0, 0.1) is 0 Å². The quantitative estimate of drug-likeness (QED) is 0.551. The number of aliphatic hydroxyl groups excluding tert-OH is 1. The number of fused-ring (bicyclic) bond motifs is 1. The molecule has 4 rings (SSSR count). The van der Waals surface area contributed by atoms with Gasteiger partial charge in [-0.05, 0) is 43.7 Å². The number of hydrogen-bond donors (Lipinski definition) is 3. The molecule has 1 atom stereocenters. The van der Waals surface area contributed by atoms with Gasteiger partial charge in [-0.25, -0.2) is 9.78 Å². The highest BCUT2D eigenvalue weighted by atomic mass is 16.6. The maximum atomic E-state index is 11.9. The maximum Gasteiger partial charge on any atom is 0.339 e. The number of carbonyl (C=O) groups excluding carboxylic acids is 1. The first kappa shape index (κ1) is 18.9. The SMILES string of the molecule is CC1(C)OC(=O)c2ccc(Nc3nccc(N[C@H](CO)c4ccccc4)n3)cc21. The molecule has 0 unspecified atom stereocenters. The molecular formula is C22H22N4O3. The lowest BCUT2D eigenvalue weighted by molar-refractivity contribution is 0.00955. The molecule has 7 nitrogen and oxygen atoms in total. The lowest BCUT2D eigenvalue weighted by atomic mass is 9.95. The molecule has 0 radical (unpaired) electrons. The molecule has 2 aromatic carbocycles. The monoisotopic (exact) mass is 390 g/mol. The number of carbonyl (C=O) groups is 1. The minimum atomic E-state index is -0.668. The van der Waals surface area contributed by atoms with E-state index in [2.05, 4.69) is 20.6 Å². The van der Waals surface area contributed by atoms with Gasteiger partial charge in [0.15, 0.2) is 0 Å². The lowest BCUT2D eigenvalue weighted by Crippen LogP contribution is -2.16. The van der Waals surface area contributed by atoms with Crippen molar-refractivity contribution < 1.29 is 14.6 Å².